The maximum Gasteiger partial charge on any atom is 0.152 e. The molecule has 2 rings (SSSR count). The Hall–Kier alpha value is -1.30. The van der Waals surface area contributed by atoms with Crippen LogP contribution in [0.3, 0.4) is 0 Å². The summed E-state index contributed by atoms with van der Waals surface area (Å²) in [7, 11) is -2.97. The Morgan fingerprint density at radius 3 is 2.75 bits per heavy atom. The Bertz CT molecular complexity index is 481. The SMILES string of the molecule is Nc1cccc(F)c1NC1CCS(=O)(=O)C1. The Kier molecular flexibility index (Phi) is 2.75. The molecule has 1 saturated heterocycles. The van der Waals surface area contributed by atoms with Gasteiger partial charge in [0, 0.05) is 6.04 Å². The molecule has 1 aliphatic heterocycles. The van der Waals surface area contributed by atoms with Gasteiger partial charge in [-0.3, -0.25) is 0 Å². The molecule has 0 radical (unpaired) electrons. The fraction of sp³-hybridized carbons (Fsp3) is 0.400. The fourth-order valence-corrected chi connectivity index (χ4v) is 3.48. The second-order valence-electron chi connectivity index (χ2n) is 3.95. The van der Waals surface area contributed by atoms with Crippen LogP contribution in [0, 0.1) is 5.82 Å². The molecule has 1 aromatic rings. The molecule has 0 spiro atoms. The maximum atomic E-state index is 13.4. The number of para-hydroxylation sites is 1. The topological polar surface area (TPSA) is 72.2 Å². The summed E-state index contributed by atoms with van der Waals surface area (Å²) in [6.45, 7) is 0. The summed E-state index contributed by atoms with van der Waals surface area (Å²) in [5.41, 5.74) is 6.11. The first-order chi connectivity index (χ1) is 7.48. The third-order valence-electron chi connectivity index (χ3n) is 2.63. The second-order valence-corrected chi connectivity index (χ2v) is 6.18. The van der Waals surface area contributed by atoms with Gasteiger partial charge in [0.25, 0.3) is 0 Å². The fourth-order valence-electron chi connectivity index (χ4n) is 1.81. The number of rotatable bonds is 2. The van der Waals surface area contributed by atoms with Crippen LogP contribution in [0.25, 0.3) is 0 Å². The molecule has 1 fully saturated rings. The van der Waals surface area contributed by atoms with E-state index in [0.717, 1.165) is 0 Å². The van der Waals surface area contributed by atoms with E-state index < -0.39 is 15.7 Å². The quantitative estimate of drug-likeness (QED) is 0.761. The van der Waals surface area contributed by atoms with Gasteiger partial charge in [0.15, 0.2) is 9.84 Å². The predicted octanol–water partition coefficient (Wildman–Crippen LogP) is 1.01. The van der Waals surface area contributed by atoms with E-state index in [-0.39, 0.29) is 23.2 Å². The van der Waals surface area contributed by atoms with Crippen LogP contribution in [0.4, 0.5) is 15.8 Å². The van der Waals surface area contributed by atoms with E-state index >= 15 is 0 Å². The minimum absolute atomic E-state index is 0.0424. The summed E-state index contributed by atoms with van der Waals surface area (Å²) < 4.78 is 35.9. The Morgan fingerprint density at radius 2 is 2.19 bits per heavy atom. The van der Waals surface area contributed by atoms with E-state index in [1.165, 1.54) is 12.1 Å². The van der Waals surface area contributed by atoms with Crippen LogP contribution in [-0.4, -0.2) is 26.0 Å². The van der Waals surface area contributed by atoms with Gasteiger partial charge in [-0.1, -0.05) is 6.07 Å². The van der Waals surface area contributed by atoms with Crippen molar-refractivity contribution in [3.8, 4) is 0 Å². The highest BCUT2D eigenvalue weighted by Gasteiger charge is 2.28. The van der Waals surface area contributed by atoms with E-state index in [4.69, 9.17) is 5.73 Å². The predicted molar refractivity (Wildman–Crippen MR) is 61.5 cm³/mol. The molecule has 4 nitrogen and oxygen atoms in total. The molecular formula is C10H13FN2O2S. The molecule has 0 saturated carbocycles. The number of halogens is 1. The van der Waals surface area contributed by atoms with E-state index in [0.29, 0.717) is 12.1 Å². The van der Waals surface area contributed by atoms with Crippen molar-refractivity contribution >= 4 is 21.2 Å². The molecule has 88 valence electrons. The number of hydrogen-bond donors (Lipinski definition) is 2. The van der Waals surface area contributed by atoms with Gasteiger partial charge in [0.05, 0.1) is 22.9 Å². The minimum Gasteiger partial charge on any atom is -0.397 e. The monoisotopic (exact) mass is 244 g/mol. The van der Waals surface area contributed by atoms with Gasteiger partial charge < -0.3 is 11.1 Å². The lowest BCUT2D eigenvalue weighted by molar-refractivity contribution is 0.601. The van der Waals surface area contributed by atoms with Crippen LogP contribution in [0.1, 0.15) is 6.42 Å². The van der Waals surface area contributed by atoms with Crippen molar-refractivity contribution in [1.29, 1.82) is 0 Å². The zero-order valence-electron chi connectivity index (χ0n) is 8.61. The van der Waals surface area contributed by atoms with Gasteiger partial charge in [0.2, 0.25) is 0 Å². The van der Waals surface area contributed by atoms with Crippen LogP contribution in [-0.2, 0) is 9.84 Å². The molecule has 1 heterocycles. The summed E-state index contributed by atoms with van der Waals surface area (Å²) in [5, 5.41) is 2.85. The van der Waals surface area contributed by atoms with E-state index in [1.54, 1.807) is 6.07 Å². The third-order valence-corrected chi connectivity index (χ3v) is 4.39. The van der Waals surface area contributed by atoms with Gasteiger partial charge in [-0.05, 0) is 18.6 Å². The normalized spacial score (nSPS) is 23.2. The molecular weight excluding hydrogens is 231 g/mol. The molecule has 1 aromatic carbocycles. The van der Waals surface area contributed by atoms with Crippen LogP contribution in [0.15, 0.2) is 18.2 Å². The number of hydrogen-bond acceptors (Lipinski definition) is 4. The van der Waals surface area contributed by atoms with Gasteiger partial charge in [0.1, 0.15) is 5.82 Å². The van der Waals surface area contributed by atoms with Crippen molar-refractivity contribution in [3.05, 3.63) is 24.0 Å². The van der Waals surface area contributed by atoms with Crippen LogP contribution < -0.4 is 11.1 Å². The lowest BCUT2D eigenvalue weighted by Gasteiger charge is -2.14. The zero-order chi connectivity index (χ0) is 11.8. The lowest BCUT2D eigenvalue weighted by Crippen LogP contribution is -2.22. The first-order valence-electron chi connectivity index (χ1n) is 4.99. The first-order valence-corrected chi connectivity index (χ1v) is 6.81. The number of benzene rings is 1. The highest BCUT2D eigenvalue weighted by Crippen LogP contribution is 2.25. The molecule has 16 heavy (non-hydrogen) atoms. The zero-order valence-corrected chi connectivity index (χ0v) is 9.43. The maximum absolute atomic E-state index is 13.4. The molecule has 0 aromatic heterocycles. The number of nitrogens with one attached hydrogen (secondary N) is 1. The standard InChI is InChI=1S/C10H13FN2O2S/c11-8-2-1-3-9(12)10(8)13-7-4-5-16(14,15)6-7/h1-3,7,13H,4-6,12H2. The minimum atomic E-state index is -2.97. The summed E-state index contributed by atoms with van der Waals surface area (Å²) in [4.78, 5) is 0. The number of sulfone groups is 1. The molecule has 1 unspecified atom stereocenters. The Balaban J connectivity index is 2.16. The van der Waals surface area contributed by atoms with Crippen molar-refractivity contribution in [2.45, 2.75) is 12.5 Å². The van der Waals surface area contributed by atoms with Crippen LogP contribution >= 0.6 is 0 Å². The molecule has 0 bridgehead atoms. The molecule has 3 N–H and O–H groups in total. The number of nitrogens with two attached hydrogens (primary N) is 1. The van der Waals surface area contributed by atoms with Crippen molar-refractivity contribution in [2.24, 2.45) is 0 Å². The van der Waals surface area contributed by atoms with Gasteiger partial charge >= 0.3 is 0 Å². The second kappa shape index (κ2) is 3.93. The molecule has 1 aliphatic rings. The lowest BCUT2D eigenvalue weighted by atomic mass is 10.2. The van der Waals surface area contributed by atoms with Crippen LogP contribution in [0.2, 0.25) is 0 Å². The van der Waals surface area contributed by atoms with Gasteiger partial charge in [-0.25, -0.2) is 12.8 Å². The average Bonchev–Trinajstić information content (AvgIpc) is 2.52. The van der Waals surface area contributed by atoms with Crippen molar-refractivity contribution in [1.82, 2.24) is 0 Å². The number of anilines is 2. The smallest absolute Gasteiger partial charge is 0.152 e. The Labute approximate surface area is 93.6 Å². The van der Waals surface area contributed by atoms with E-state index in [2.05, 4.69) is 5.32 Å². The highest BCUT2D eigenvalue weighted by molar-refractivity contribution is 7.91. The summed E-state index contributed by atoms with van der Waals surface area (Å²) in [6.07, 6.45) is 0.496. The summed E-state index contributed by atoms with van der Waals surface area (Å²) in [6, 6.07) is 4.14. The average molecular weight is 244 g/mol. The van der Waals surface area contributed by atoms with Crippen molar-refractivity contribution in [3.63, 3.8) is 0 Å². The molecule has 0 amide bonds. The molecule has 1 atom stereocenters. The molecule has 6 heteroatoms. The van der Waals surface area contributed by atoms with Crippen molar-refractivity contribution in [2.75, 3.05) is 22.6 Å². The first kappa shape index (κ1) is 11.2. The van der Waals surface area contributed by atoms with Gasteiger partial charge in [-0.15, -0.1) is 0 Å². The summed E-state index contributed by atoms with van der Waals surface area (Å²) >= 11 is 0. The number of nitrogen functional groups attached to an aromatic ring is 1. The van der Waals surface area contributed by atoms with Gasteiger partial charge in [-0.2, -0.15) is 0 Å². The largest absolute Gasteiger partial charge is 0.397 e. The third kappa shape index (κ3) is 2.27. The van der Waals surface area contributed by atoms with E-state index in [1.807, 2.05) is 0 Å². The Morgan fingerprint density at radius 1 is 1.44 bits per heavy atom. The van der Waals surface area contributed by atoms with Crippen LogP contribution in [0.5, 0.6) is 0 Å². The highest BCUT2D eigenvalue weighted by atomic mass is 32.2. The van der Waals surface area contributed by atoms with Crippen molar-refractivity contribution < 1.29 is 12.8 Å². The molecule has 0 aliphatic carbocycles. The van der Waals surface area contributed by atoms with E-state index in [9.17, 15) is 12.8 Å². The summed E-state index contributed by atoms with van der Waals surface area (Å²) in [5.74, 6) is -0.260.